The molecule has 1 aromatic rings. The van der Waals surface area contributed by atoms with Crippen LogP contribution < -0.4 is 9.80 Å². The number of hydrogen-bond acceptors (Lipinski definition) is 3. The van der Waals surface area contributed by atoms with Gasteiger partial charge in [0.25, 0.3) is 0 Å². The van der Waals surface area contributed by atoms with Crippen LogP contribution in [0.1, 0.15) is 5.56 Å². The second kappa shape index (κ2) is 6.13. The summed E-state index contributed by atoms with van der Waals surface area (Å²) in [5, 5.41) is 10.4. The number of aliphatic hydroxyl groups is 1. The Labute approximate surface area is 142 Å². The van der Waals surface area contributed by atoms with Gasteiger partial charge >= 0.3 is 0 Å². The molecule has 3 rings (SSSR count). The van der Waals surface area contributed by atoms with Crippen molar-refractivity contribution < 1.29 is 14.8 Å². The monoisotopic (exact) mass is 323 g/mol. The molecule has 2 N–H and O–H groups in total. The lowest BCUT2D eigenvalue weighted by molar-refractivity contribution is -0.871. The van der Waals surface area contributed by atoms with Crippen molar-refractivity contribution in [2.24, 2.45) is 0 Å². The highest BCUT2D eigenvalue weighted by atomic mass is 16.3. The number of nitrogens with one attached hydrogen (secondary N) is 1. The van der Waals surface area contributed by atoms with Gasteiger partial charge in [0.2, 0.25) is 5.78 Å². The van der Waals surface area contributed by atoms with E-state index in [0.717, 1.165) is 16.8 Å². The summed E-state index contributed by atoms with van der Waals surface area (Å²) in [6, 6.07) is 7.93. The zero-order chi connectivity index (χ0) is 17.4. The van der Waals surface area contributed by atoms with Crippen LogP contribution in [0, 0.1) is 0 Å². The Morgan fingerprint density at radius 3 is 2.04 bits per heavy atom. The van der Waals surface area contributed by atoms with Crippen molar-refractivity contribution in [2.75, 3.05) is 33.1 Å². The van der Waals surface area contributed by atoms with Gasteiger partial charge in [-0.2, -0.15) is 0 Å². The molecule has 1 aromatic carbocycles. The van der Waals surface area contributed by atoms with Crippen LogP contribution in [0.5, 0.6) is 0 Å². The van der Waals surface area contributed by atoms with E-state index < -0.39 is 0 Å². The van der Waals surface area contributed by atoms with E-state index in [1.807, 2.05) is 55.4 Å². The molecule has 0 amide bonds. The van der Waals surface area contributed by atoms with Crippen LogP contribution in [-0.2, 0) is 4.79 Å². The lowest BCUT2D eigenvalue weighted by atomic mass is 9.80. The Kier molecular flexibility index (Phi) is 4.16. The van der Waals surface area contributed by atoms with Crippen molar-refractivity contribution in [2.45, 2.75) is 6.04 Å². The topological polar surface area (TPSA) is 45.0 Å². The molecule has 0 spiro atoms. The molecule has 0 saturated carbocycles. The van der Waals surface area contributed by atoms with Crippen molar-refractivity contribution in [1.29, 1.82) is 0 Å². The predicted molar refractivity (Wildman–Crippen MR) is 97.2 cm³/mol. The summed E-state index contributed by atoms with van der Waals surface area (Å²) in [6.07, 6.45) is 7.96. The van der Waals surface area contributed by atoms with E-state index in [2.05, 4.69) is 26.2 Å². The first-order valence-electron chi connectivity index (χ1n) is 8.07. The van der Waals surface area contributed by atoms with Gasteiger partial charge in [-0.1, -0.05) is 24.3 Å². The molecular formula is C20H23N2O2+. The number of nitrogens with zero attached hydrogens (tertiary/aromatic N) is 1. The highest BCUT2D eigenvalue weighted by Crippen LogP contribution is 2.39. The molecule has 0 atom stereocenters. The minimum atomic E-state index is -0.0925. The first-order chi connectivity index (χ1) is 11.4. The normalized spacial score (nSPS) is 20.0. The van der Waals surface area contributed by atoms with Crippen molar-refractivity contribution in [3.63, 3.8) is 0 Å². The molecule has 0 fully saturated rings. The summed E-state index contributed by atoms with van der Waals surface area (Å²) in [7, 11) is 8.10. The molecule has 4 heteroatoms. The van der Waals surface area contributed by atoms with Crippen LogP contribution in [-0.4, -0.2) is 45.1 Å². The van der Waals surface area contributed by atoms with E-state index in [1.54, 1.807) is 0 Å². The molecule has 0 heterocycles. The van der Waals surface area contributed by atoms with E-state index in [9.17, 15) is 9.90 Å². The van der Waals surface area contributed by atoms with Crippen LogP contribution in [0.25, 0.3) is 5.57 Å². The zero-order valence-electron chi connectivity index (χ0n) is 14.5. The van der Waals surface area contributed by atoms with Gasteiger partial charge in [0.1, 0.15) is 11.8 Å². The number of anilines is 1. The molecule has 0 bridgehead atoms. The Bertz CT molecular complexity index is 777. The van der Waals surface area contributed by atoms with E-state index in [4.69, 9.17) is 0 Å². The van der Waals surface area contributed by atoms with Crippen molar-refractivity contribution in [3.8, 4) is 0 Å². The van der Waals surface area contributed by atoms with Crippen molar-refractivity contribution in [1.82, 2.24) is 0 Å². The minimum Gasteiger partial charge on any atom is -0.506 e. The summed E-state index contributed by atoms with van der Waals surface area (Å²) >= 11 is 0. The smallest absolute Gasteiger partial charge is 0.201 e. The minimum absolute atomic E-state index is 0.0925. The van der Waals surface area contributed by atoms with Gasteiger partial charge in [-0.05, 0) is 35.4 Å². The molecule has 124 valence electrons. The summed E-state index contributed by atoms with van der Waals surface area (Å²) in [5.74, 6) is 0.00241. The second-order valence-electron chi connectivity index (χ2n) is 6.65. The zero-order valence-corrected chi connectivity index (χ0v) is 14.5. The molecule has 0 saturated heterocycles. The van der Waals surface area contributed by atoms with Gasteiger partial charge in [0, 0.05) is 19.8 Å². The molecule has 0 radical (unpaired) electrons. The van der Waals surface area contributed by atoms with Gasteiger partial charge in [-0.25, -0.2) is 0 Å². The third-order valence-corrected chi connectivity index (χ3v) is 4.52. The Balaban J connectivity index is 1.91. The van der Waals surface area contributed by atoms with Crippen LogP contribution in [0.15, 0.2) is 65.5 Å². The number of allylic oxidation sites excluding steroid dienone is 5. The molecule has 0 unspecified atom stereocenters. The second-order valence-corrected chi connectivity index (χ2v) is 6.65. The maximum atomic E-state index is 12.5. The quantitative estimate of drug-likeness (QED) is 0.830. The van der Waals surface area contributed by atoms with Gasteiger partial charge in [-0.15, -0.1) is 0 Å². The molecular weight excluding hydrogens is 300 g/mol. The molecule has 0 aromatic heterocycles. The SMILES string of the molecule is CN(C)c1ccc(C2=C(O)C(=C3C=CC([NH+](C)C)C=C3)C2=O)cc1. The molecule has 2 aliphatic carbocycles. The van der Waals surface area contributed by atoms with E-state index in [-0.39, 0.29) is 11.5 Å². The number of Topliss-reactive ketones (excluding diaryl/α,β-unsaturated/α-hetero) is 1. The maximum Gasteiger partial charge on any atom is 0.201 e. The number of rotatable bonds is 3. The Morgan fingerprint density at radius 2 is 1.58 bits per heavy atom. The number of benzene rings is 1. The summed E-state index contributed by atoms with van der Waals surface area (Å²) in [4.78, 5) is 15.8. The third-order valence-electron chi connectivity index (χ3n) is 4.52. The fourth-order valence-corrected chi connectivity index (χ4v) is 2.95. The highest BCUT2D eigenvalue weighted by Gasteiger charge is 2.36. The number of hydrogen-bond donors (Lipinski definition) is 2. The third kappa shape index (κ3) is 2.69. The van der Waals surface area contributed by atoms with E-state index in [0.29, 0.717) is 17.2 Å². The fraction of sp³-hybridized carbons (Fsp3) is 0.250. The fourth-order valence-electron chi connectivity index (χ4n) is 2.95. The highest BCUT2D eigenvalue weighted by molar-refractivity contribution is 6.39. The van der Waals surface area contributed by atoms with E-state index >= 15 is 0 Å². The average Bonchev–Trinajstić information content (AvgIpc) is 2.56. The van der Waals surface area contributed by atoms with Gasteiger partial charge in [0.15, 0.2) is 0 Å². The molecule has 0 aliphatic heterocycles. The van der Waals surface area contributed by atoms with Gasteiger partial charge in [-0.3, -0.25) is 4.79 Å². The number of carbonyl (C=O) groups excluding carboxylic acids is 1. The van der Waals surface area contributed by atoms with Gasteiger partial charge in [0.05, 0.1) is 25.2 Å². The average molecular weight is 323 g/mol. The first kappa shape index (κ1) is 16.3. The van der Waals surface area contributed by atoms with Crippen LogP contribution in [0.4, 0.5) is 5.69 Å². The molecule has 2 aliphatic rings. The summed E-state index contributed by atoms with van der Waals surface area (Å²) in [6.45, 7) is 0. The summed E-state index contributed by atoms with van der Waals surface area (Å²) in [5.41, 5.74) is 3.42. The summed E-state index contributed by atoms with van der Waals surface area (Å²) < 4.78 is 0. The molecule has 24 heavy (non-hydrogen) atoms. The van der Waals surface area contributed by atoms with Crippen molar-refractivity contribution in [3.05, 3.63) is 71.0 Å². The van der Waals surface area contributed by atoms with Crippen molar-refractivity contribution >= 4 is 17.0 Å². The lowest BCUT2D eigenvalue weighted by Gasteiger charge is -2.25. The van der Waals surface area contributed by atoms with Crippen LogP contribution in [0.2, 0.25) is 0 Å². The largest absolute Gasteiger partial charge is 0.506 e. The number of ketones is 1. The maximum absolute atomic E-state index is 12.5. The van der Waals surface area contributed by atoms with Crippen LogP contribution in [0.3, 0.4) is 0 Å². The van der Waals surface area contributed by atoms with Gasteiger partial charge < -0.3 is 14.9 Å². The number of quaternary nitrogens is 1. The predicted octanol–water partition coefficient (Wildman–Crippen LogP) is 1.54. The standard InChI is InChI=1S/C20H22N2O2/c1-21(2)15-9-5-13(6-10-15)17-19(23)18(20(17)24)14-7-11-16(12-8-14)22(3)4/h5-12,15,23H,1-4H3/p+1. The number of likely N-dealkylation sites (N-methyl/N-ethyl adjacent to an activating group) is 1. The lowest BCUT2D eigenvalue weighted by Crippen LogP contribution is -3.09. The number of aliphatic hydroxyl groups excluding tert-OH is 1. The van der Waals surface area contributed by atoms with E-state index in [1.165, 1.54) is 4.90 Å². The Hall–Kier alpha value is -2.59. The number of carbonyl (C=O) groups is 1. The van der Waals surface area contributed by atoms with Crippen LogP contribution >= 0.6 is 0 Å². The first-order valence-corrected chi connectivity index (χ1v) is 8.07. The molecule has 4 nitrogen and oxygen atoms in total. The Morgan fingerprint density at radius 1 is 1.00 bits per heavy atom.